The van der Waals surface area contributed by atoms with Gasteiger partial charge in [-0.15, -0.1) is 0 Å². The minimum atomic E-state index is -4.91. The number of nitrogens with zero attached hydrogens (tertiary/aromatic N) is 4. The molecule has 1 amide bonds. The molecule has 16 heteroatoms. The lowest BCUT2D eigenvalue weighted by atomic mass is 10.0. The third-order valence-corrected chi connectivity index (χ3v) is 6.19. The molecule has 1 fully saturated rings. The van der Waals surface area contributed by atoms with E-state index in [9.17, 15) is 41.0 Å². The number of anilines is 2. The summed E-state index contributed by atoms with van der Waals surface area (Å²) in [5.74, 6) is -0.259. The summed E-state index contributed by atoms with van der Waals surface area (Å²) in [5, 5.41) is 17.9. The van der Waals surface area contributed by atoms with Crippen molar-refractivity contribution in [1.29, 1.82) is 0 Å². The van der Waals surface area contributed by atoms with Gasteiger partial charge in [0.1, 0.15) is 11.4 Å². The van der Waals surface area contributed by atoms with Gasteiger partial charge in [0, 0.05) is 37.4 Å². The summed E-state index contributed by atoms with van der Waals surface area (Å²) in [7, 11) is 0. The number of ether oxygens (including phenoxy) is 1. The Balaban J connectivity index is 1.29. The van der Waals surface area contributed by atoms with Gasteiger partial charge in [-0.3, -0.25) is 9.59 Å². The van der Waals surface area contributed by atoms with Crippen molar-refractivity contribution in [3.63, 3.8) is 0 Å². The molecule has 3 atom stereocenters. The zero-order valence-corrected chi connectivity index (χ0v) is 20.4. The second kappa shape index (κ2) is 10.8. The molecule has 2 aromatic rings. The summed E-state index contributed by atoms with van der Waals surface area (Å²) in [6.07, 6.45) is -6.22. The van der Waals surface area contributed by atoms with E-state index in [1.165, 1.54) is 17.9 Å². The highest BCUT2D eigenvalue weighted by molar-refractivity contribution is 5.81. The van der Waals surface area contributed by atoms with Gasteiger partial charge in [-0.2, -0.15) is 31.4 Å². The van der Waals surface area contributed by atoms with Crippen LogP contribution >= 0.6 is 0 Å². The van der Waals surface area contributed by atoms with E-state index < -0.39 is 59.4 Å². The van der Waals surface area contributed by atoms with Crippen molar-refractivity contribution in [2.75, 3.05) is 43.1 Å². The van der Waals surface area contributed by atoms with Gasteiger partial charge in [0.2, 0.25) is 0 Å². The maximum atomic E-state index is 13.2. The van der Waals surface area contributed by atoms with E-state index in [4.69, 9.17) is 4.74 Å². The summed E-state index contributed by atoms with van der Waals surface area (Å²) >= 11 is 0. The first kappa shape index (κ1) is 28.4. The van der Waals surface area contributed by atoms with Crippen LogP contribution in [0.15, 0.2) is 29.3 Å². The Morgan fingerprint density at radius 1 is 1.21 bits per heavy atom. The molecule has 0 radical (unpaired) electrons. The fourth-order valence-corrected chi connectivity index (χ4v) is 4.38. The van der Waals surface area contributed by atoms with E-state index in [1.807, 2.05) is 0 Å². The molecule has 2 aliphatic rings. The molecule has 10 nitrogen and oxygen atoms in total. The lowest BCUT2D eigenvalue weighted by Gasteiger charge is -2.43. The molecule has 0 saturated carbocycles. The number of rotatable bonds is 7. The molecule has 0 unspecified atom stereocenters. The normalized spacial score (nSPS) is 18.8. The predicted octanol–water partition coefficient (Wildman–Crippen LogP) is 2.12. The number of hydrogen-bond donors (Lipinski definition) is 3. The Hall–Kier alpha value is -3.66. The molecule has 4 heterocycles. The Morgan fingerprint density at radius 2 is 1.95 bits per heavy atom. The average Bonchev–Trinajstić information content (AvgIpc) is 2.86. The summed E-state index contributed by atoms with van der Waals surface area (Å²) < 4.78 is 83.8. The number of aromatic nitrogens is 3. The van der Waals surface area contributed by atoms with Crippen LogP contribution in [0.4, 0.5) is 37.8 Å². The predicted molar refractivity (Wildman–Crippen MR) is 126 cm³/mol. The van der Waals surface area contributed by atoms with Crippen LogP contribution in [0.5, 0.6) is 0 Å². The fourth-order valence-electron chi connectivity index (χ4n) is 4.38. The van der Waals surface area contributed by atoms with Crippen LogP contribution in [0.1, 0.15) is 23.6 Å². The number of fused-ring (bicyclic) bond motifs is 3. The van der Waals surface area contributed by atoms with E-state index in [2.05, 4.69) is 15.4 Å². The molecule has 0 aliphatic carbocycles. The number of alkyl halides is 6. The number of H-pyrrole nitrogens is 1. The lowest BCUT2D eigenvalue weighted by molar-refractivity contribution is -0.144. The summed E-state index contributed by atoms with van der Waals surface area (Å²) in [6.45, 7) is 1.45. The maximum absolute atomic E-state index is 13.2. The molecular weight excluding hydrogens is 538 g/mol. The number of amides is 1. The van der Waals surface area contributed by atoms with Crippen LogP contribution in [-0.4, -0.2) is 82.1 Å². The molecule has 3 N–H and O–H groups in total. The Kier molecular flexibility index (Phi) is 7.88. The fraction of sp³-hybridized carbons (Fsp3) is 0.478. The number of piperazine rings is 1. The van der Waals surface area contributed by atoms with E-state index in [-0.39, 0.29) is 32.3 Å². The number of carbonyl (C=O) groups excluding carboxylic acids is 1. The molecule has 0 bridgehead atoms. The standard InChI is InChI=1S/C23H24F6N6O4/c1-12(32-16-8-31-33-20(37)18(16)23(27,28)29)10-39-11-17(36)21(38)34-4-5-35-15(9-34)3-2-13-6-14(22(24,25)26)7-30-19(13)35/h2-3,6-8,12,15,17,36H,4-5,9-11H2,1H3,(H2,32,33,37)/t12-,15+,17-/m0/s1. The van der Waals surface area contributed by atoms with Crippen molar-refractivity contribution in [2.45, 2.75) is 37.5 Å². The number of hydrogen-bond acceptors (Lipinski definition) is 8. The molecule has 2 aromatic heterocycles. The van der Waals surface area contributed by atoms with Crippen LogP contribution in [0.25, 0.3) is 6.08 Å². The topological polar surface area (TPSA) is 124 Å². The smallest absolute Gasteiger partial charge is 0.381 e. The second-order valence-electron chi connectivity index (χ2n) is 9.12. The number of aromatic amines is 1. The first-order valence-corrected chi connectivity index (χ1v) is 11.7. The molecule has 212 valence electrons. The second-order valence-corrected chi connectivity index (χ2v) is 9.12. The third-order valence-electron chi connectivity index (χ3n) is 6.19. The molecule has 0 aromatic carbocycles. The molecule has 0 spiro atoms. The number of aliphatic hydroxyl groups excluding tert-OH is 1. The van der Waals surface area contributed by atoms with Gasteiger partial charge in [0.05, 0.1) is 36.7 Å². The van der Waals surface area contributed by atoms with Gasteiger partial charge < -0.3 is 25.0 Å². The Bertz CT molecular complexity index is 1300. The lowest BCUT2D eigenvalue weighted by Crippen LogP contribution is -2.57. The van der Waals surface area contributed by atoms with E-state index in [0.717, 1.165) is 18.5 Å². The molecule has 4 rings (SSSR count). The Labute approximate surface area is 217 Å². The zero-order chi connectivity index (χ0) is 28.5. The van der Waals surface area contributed by atoms with Gasteiger partial charge in [0.25, 0.3) is 11.5 Å². The summed E-state index contributed by atoms with van der Waals surface area (Å²) in [6, 6.07) is -0.0830. The minimum Gasteiger partial charge on any atom is -0.381 e. The van der Waals surface area contributed by atoms with Crippen molar-refractivity contribution in [1.82, 2.24) is 20.1 Å². The molecule has 39 heavy (non-hydrogen) atoms. The maximum Gasteiger partial charge on any atom is 0.423 e. The van der Waals surface area contributed by atoms with E-state index in [1.54, 1.807) is 16.1 Å². The van der Waals surface area contributed by atoms with Gasteiger partial charge >= 0.3 is 12.4 Å². The van der Waals surface area contributed by atoms with Crippen LogP contribution < -0.4 is 15.8 Å². The average molecular weight is 562 g/mol. The van der Waals surface area contributed by atoms with Crippen molar-refractivity contribution in [3.8, 4) is 0 Å². The molecular formula is C23H24F6N6O4. The van der Waals surface area contributed by atoms with Crippen LogP contribution in [0.2, 0.25) is 0 Å². The van der Waals surface area contributed by atoms with E-state index >= 15 is 0 Å². The quantitative estimate of drug-likeness (QED) is 0.439. The monoisotopic (exact) mass is 562 g/mol. The zero-order valence-electron chi connectivity index (χ0n) is 20.4. The summed E-state index contributed by atoms with van der Waals surface area (Å²) in [5.41, 5.74) is -3.92. The van der Waals surface area contributed by atoms with Gasteiger partial charge in [0.15, 0.2) is 6.10 Å². The minimum absolute atomic E-state index is 0.155. The number of halogens is 6. The number of carbonyl (C=O) groups is 1. The van der Waals surface area contributed by atoms with Gasteiger partial charge in [-0.1, -0.05) is 12.2 Å². The highest BCUT2D eigenvalue weighted by Gasteiger charge is 2.38. The Morgan fingerprint density at radius 3 is 2.64 bits per heavy atom. The van der Waals surface area contributed by atoms with E-state index in [0.29, 0.717) is 11.4 Å². The van der Waals surface area contributed by atoms with Gasteiger partial charge in [-0.25, -0.2) is 10.1 Å². The van der Waals surface area contributed by atoms with Crippen LogP contribution in [0, 0.1) is 0 Å². The SMILES string of the molecule is C[C@@H](COC[C@H](O)C(=O)N1CCN2c3ncc(C(F)(F)F)cc3C=C[C@@H]2C1)Nc1cn[nH]c(=O)c1C(F)(F)F. The van der Waals surface area contributed by atoms with Crippen molar-refractivity contribution in [3.05, 3.63) is 51.6 Å². The molecule has 2 aliphatic heterocycles. The largest absolute Gasteiger partial charge is 0.423 e. The van der Waals surface area contributed by atoms with Crippen molar-refractivity contribution < 1.29 is 41.0 Å². The van der Waals surface area contributed by atoms with Crippen molar-refractivity contribution in [2.24, 2.45) is 0 Å². The van der Waals surface area contributed by atoms with Crippen molar-refractivity contribution >= 4 is 23.5 Å². The number of pyridine rings is 1. The van der Waals surface area contributed by atoms with Gasteiger partial charge in [-0.05, 0) is 13.0 Å². The van der Waals surface area contributed by atoms with Crippen LogP contribution in [0.3, 0.4) is 0 Å². The van der Waals surface area contributed by atoms with Crippen LogP contribution in [-0.2, 0) is 21.9 Å². The molecule has 1 saturated heterocycles. The first-order valence-electron chi connectivity index (χ1n) is 11.7. The highest BCUT2D eigenvalue weighted by atomic mass is 19.4. The first-order chi connectivity index (χ1) is 18.3. The third kappa shape index (κ3) is 6.33. The highest BCUT2D eigenvalue weighted by Crippen LogP contribution is 2.35. The summed E-state index contributed by atoms with van der Waals surface area (Å²) in [4.78, 5) is 31.5. The number of aliphatic hydroxyl groups is 1. The number of nitrogens with one attached hydrogen (secondary N) is 2.